The number of fused-ring (bicyclic) bond motifs is 2. The van der Waals surface area contributed by atoms with E-state index >= 15 is 0 Å². The van der Waals surface area contributed by atoms with E-state index in [4.69, 9.17) is 21.1 Å². The number of aromatic nitrogens is 4. The minimum absolute atomic E-state index is 0.0335. The lowest BCUT2D eigenvalue weighted by molar-refractivity contribution is 0.0468. The van der Waals surface area contributed by atoms with Gasteiger partial charge in [-0.1, -0.05) is 12.8 Å². The van der Waals surface area contributed by atoms with Crippen LogP contribution in [0.4, 0.5) is 0 Å². The summed E-state index contributed by atoms with van der Waals surface area (Å²) in [6, 6.07) is 3.28. The summed E-state index contributed by atoms with van der Waals surface area (Å²) < 4.78 is 11.0. The number of aromatic amines is 2. The lowest BCUT2D eigenvalue weighted by atomic mass is 10.1. The summed E-state index contributed by atoms with van der Waals surface area (Å²) in [6.07, 6.45) is 4.31. The van der Waals surface area contributed by atoms with E-state index in [0.29, 0.717) is 61.0 Å². The molecular weight excluding hydrogens is 450 g/mol. The molecule has 3 aromatic rings. The third-order valence-corrected chi connectivity index (χ3v) is 5.27. The second kappa shape index (κ2) is 12.4. The Hall–Kier alpha value is -2.82. The molecule has 1 amide bonds. The monoisotopic (exact) mass is 477 g/mol. The Morgan fingerprint density at radius 3 is 2.48 bits per heavy atom. The van der Waals surface area contributed by atoms with Crippen molar-refractivity contribution in [2.45, 2.75) is 32.6 Å². The van der Waals surface area contributed by atoms with Gasteiger partial charge in [0.25, 0.3) is 11.5 Å². The van der Waals surface area contributed by atoms with Crippen LogP contribution in [0.1, 0.15) is 41.6 Å². The Balaban J connectivity index is 1.47. The van der Waals surface area contributed by atoms with Gasteiger partial charge in [0, 0.05) is 24.6 Å². The molecule has 3 N–H and O–H groups in total. The molecule has 0 spiro atoms. The smallest absolute Gasteiger partial charge is 0.327 e. The first kappa shape index (κ1) is 24.8. The summed E-state index contributed by atoms with van der Waals surface area (Å²) in [5, 5.41) is 2.81. The summed E-state index contributed by atoms with van der Waals surface area (Å²) in [5.74, 6) is 0.439. The summed E-state index contributed by atoms with van der Waals surface area (Å²) in [6.45, 7) is 4.19. The van der Waals surface area contributed by atoms with Crippen LogP contribution in [0.3, 0.4) is 0 Å². The first-order chi connectivity index (χ1) is 16.0. The minimum atomic E-state index is -0.668. The fraction of sp³-hybridized carbons (Fsp3) is 0.500. The number of alkyl halides is 1. The van der Waals surface area contributed by atoms with Crippen molar-refractivity contribution < 1.29 is 14.3 Å². The normalized spacial score (nSPS) is 11.3. The third-order valence-electron chi connectivity index (χ3n) is 5.01. The number of nitrogens with zero attached hydrogens (tertiary/aromatic N) is 2. The van der Waals surface area contributed by atoms with Crippen LogP contribution in [0.2, 0.25) is 0 Å². The molecule has 0 aliphatic rings. The first-order valence-electron chi connectivity index (χ1n) is 10.9. The van der Waals surface area contributed by atoms with E-state index in [9.17, 15) is 14.4 Å². The second-order valence-electron chi connectivity index (χ2n) is 7.57. The van der Waals surface area contributed by atoms with Crippen LogP contribution < -0.4 is 16.6 Å². The van der Waals surface area contributed by atoms with E-state index in [1.165, 1.54) is 0 Å². The Morgan fingerprint density at radius 2 is 1.70 bits per heavy atom. The van der Waals surface area contributed by atoms with Gasteiger partial charge in [-0.3, -0.25) is 19.6 Å². The molecule has 0 atom stereocenters. The van der Waals surface area contributed by atoms with Gasteiger partial charge in [0.05, 0.1) is 30.9 Å². The minimum Gasteiger partial charge on any atom is -0.379 e. The van der Waals surface area contributed by atoms with Crippen LogP contribution in [-0.2, 0) is 9.47 Å². The number of aryl methyl sites for hydroxylation is 1. The SMILES string of the molecule is Cc1cc2nc3c(=O)[nH]c(=O)[nH]c3nc2cc1C(=O)NCCOCCOCCCCCCCl. The maximum Gasteiger partial charge on any atom is 0.327 e. The van der Waals surface area contributed by atoms with Crippen molar-refractivity contribution in [2.24, 2.45) is 0 Å². The van der Waals surface area contributed by atoms with Crippen molar-refractivity contribution in [1.29, 1.82) is 0 Å². The molecule has 11 heteroatoms. The van der Waals surface area contributed by atoms with Crippen molar-refractivity contribution >= 4 is 39.7 Å². The molecule has 2 aromatic heterocycles. The second-order valence-corrected chi connectivity index (χ2v) is 7.95. The van der Waals surface area contributed by atoms with Gasteiger partial charge in [-0.2, -0.15) is 0 Å². The number of H-pyrrole nitrogens is 2. The number of rotatable bonds is 13. The molecule has 33 heavy (non-hydrogen) atoms. The number of carbonyl (C=O) groups excluding carboxylic acids is 1. The molecule has 0 unspecified atom stereocenters. The van der Waals surface area contributed by atoms with E-state index < -0.39 is 11.2 Å². The quantitative estimate of drug-likeness (QED) is 0.194. The number of unbranched alkanes of at least 4 members (excludes halogenated alkanes) is 3. The zero-order valence-corrected chi connectivity index (χ0v) is 19.3. The molecule has 3 rings (SSSR count). The Bertz CT molecular complexity index is 1210. The molecule has 2 heterocycles. The van der Waals surface area contributed by atoms with E-state index in [0.717, 1.165) is 25.7 Å². The highest BCUT2D eigenvalue weighted by Gasteiger charge is 2.13. The van der Waals surface area contributed by atoms with Gasteiger partial charge in [-0.15, -0.1) is 11.6 Å². The highest BCUT2D eigenvalue weighted by Crippen LogP contribution is 2.18. The van der Waals surface area contributed by atoms with Gasteiger partial charge in [0.1, 0.15) is 0 Å². The fourth-order valence-electron chi connectivity index (χ4n) is 3.30. The van der Waals surface area contributed by atoms with Crippen LogP contribution >= 0.6 is 11.6 Å². The number of ether oxygens (including phenoxy) is 2. The molecule has 0 saturated heterocycles. The van der Waals surface area contributed by atoms with E-state index in [1.807, 2.05) is 0 Å². The molecule has 0 aliphatic carbocycles. The number of amides is 1. The van der Waals surface area contributed by atoms with Crippen molar-refractivity contribution in [3.63, 3.8) is 0 Å². The zero-order valence-electron chi connectivity index (χ0n) is 18.5. The molecule has 0 saturated carbocycles. The van der Waals surface area contributed by atoms with Crippen LogP contribution in [-0.4, -0.2) is 64.7 Å². The van der Waals surface area contributed by atoms with Gasteiger partial charge in [0.15, 0.2) is 11.2 Å². The molecule has 1 aromatic carbocycles. The fourth-order valence-corrected chi connectivity index (χ4v) is 3.49. The van der Waals surface area contributed by atoms with E-state index in [1.54, 1.807) is 19.1 Å². The first-order valence-corrected chi connectivity index (χ1v) is 11.5. The predicted octanol–water partition coefficient (Wildman–Crippen LogP) is 2.03. The predicted molar refractivity (Wildman–Crippen MR) is 126 cm³/mol. The highest BCUT2D eigenvalue weighted by molar-refractivity contribution is 6.17. The van der Waals surface area contributed by atoms with Crippen molar-refractivity contribution in [2.75, 3.05) is 38.9 Å². The largest absolute Gasteiger partial charge is 0.379 e. The Morgan fingerprint density at radius 1 is 0.970 bits per heavy atom. The van der Waals surface area contributed by atoms with Gasteiger partial charge < -0.3 is 14.8 Å². The molecular formula is C22H28ClN5O5. The number of benzene rings is 1. The molecule has 10 nitrogen and oxygen atoms in total. The number of nitrogens with one attached hydrogen (secondary N) is 3. The van der Waals surface area contributed by atoms with Crippen LogP contribution in [0.5, 0.6) is 0 Å². The topological polar surface area (TPSA) is 139 Å². The molecule has 0 aliphatic heterocycles. The molecule has 0 bridgehead atoms. The molecule has 0 fully saturated rings. The van der Waals surface area contributed by atoms with Crippen molar-refractivity contribution in [1.82, 2.24) is 25.3 Å². The maximum absolute atomic E-state index is 12.6. The number of halogens is 1. The van der Waals surface area contributed by atoms with Gasteiger partial charge in [0.2, 0.25) is 0 Å². The van der Waals surface area contributed by atoms with Gasteiger partial charge in [-0.05, 0) is 37.5 Å². The number of carbonyl (C=O) groups is 1. The molecule has 178 valence electrons. The summed E-state index contributed by atoms with van der Waals surface area (Å²) in [5.41, 5.74) is 0.792. The zero-order chi connectivity index (χ0) is 23.6. The Kier molecular flexibility index (Phi) is 9.35. The van der Waals surface area contributed by atoms with Gasteiger partial charge >= 0.3 is 5.69 Å². The van der Waals surface area contributed by atoms with Crippen molar-refractivity contribution in [3.05, 3.63) is 44.1 Å². The summed E-state index contributed by atoms with van der Waals surface area (Å²) in [7, 11) is 0. The maximum atomic E-state index is 12.6. The lowest BCUT2D eigenvalue weighted by Crippen LogP contribution is -2.28. The molecule has 0 radical (unpaired) electrons. The van der Waals surface area contributed by atoms with E-state index in [-0.39, 0.29) is 17.1 Å². The lowest BCUT2D eigenvalue weighted by Gasteiger charge is -2.10. The average Bonchev–Trinajstić information content (AvgIpc) is 2.78. The standard InChI is InChI=1S/C22H28ClN5O5/c1-14-12-16-17(26-19-18(25-16)21(30)28-22(31)27-19)13-15(14)20(29)24-7-9-33-11-10-32-8-5-3-2-4-6-23/h12-13H,2-11H2,1H3,(H,24,29)(H2,26,27,28,30,31). The average molecular weight is 478 g/mol. The summed E-state index contributed by atoms with van der Waals surface area (Å²) >= 11 is 5.64. The Labute approximate surface area is 195 Å². The van der Waals surface area contributed by atoms with E-state index in [2.05, 4.69) is 25.3 Å². The number of hydrogen-bond donors (Lipinski definition) is 3. The van der Waals surface area contributed by atoms with Crippen LogP contribution in [0.25, 0.3) is 22.2 Å². The number of hydrogen-bond acceptors (Lipinski definition) is 7. The highest BCUT2D eigenvalue weighted by atomic mass is 35.5. The van der Waals surface area contributed by atoms with Crippen molar-refractivity contribution in [3.8, 4) is 0 Å². The van der Waals surface area contributed by atoms with Crippen LogP contribution in [0.15, 0.2) is 21.7 Å². The van der Waals surface area contributed by atoms with Crippen LogP contribution in [0, 0.1) is 6.92 Å². The summed E-state index contributed by atoms with van der Waals surface area (Å²) in [4.78, 5) is 49.2. The van der Waals surface area contributed by atoms with Gasteiger partial charge in [-0.25, -0.2) is 14.8 Å². The third kappa shape index (κ3) is 7.08.